The second-order valence-electron chi connectivity index (χ2n) is 14.1. The molecule has 0 spiro atoms. The predicted octanol–water partition coefficient (Wildman–Crippen LogP) is 7.77. The summed E-state index contributed by atoms with van der Waals surface area (Å²) in [7, 11) is 4.45. The van der Waals surface area contributed by atoms with Gasteiger partial charge in [-0.05, 0) is 89.1 Å². The number of thioether (sulfide) groups is 1. The third-order valence-corrected chi connectivity index (χ3v) is 11.0. The minimum atomic E-state index is -0.664. The number of rotatable bonds is 14. The summed E-state index contributed by atoms with van der Waals surface area (Å²) in [5.41, 5.74) is 1.46. The van der Waals surface area contributed by atoms with Crippen LogP contribution in [-0.2, 0) is 32.0 Å². The Bertz CT molecular complexity index is 2230. The van der Waals surface area contributed by atoms with Gasteiger partial charge in [0.05, 0.1) is 45.3 Å². The Morgan fingerprint density at radius 3 is 2.25 bits per heavy atom. The van der Waals surface area contributed by atoms with Crippen molar-refractivity contribution in [2.45, 2.75) is 63.3 Å². The summed E-state index contributed by atoms with van der Waals surface area (Å²) >= 11 is 2.47. The maximum Gasteiger partial charge on any atom is 0.410 e. The van der Waals surface area contributed by atoms with E-state index < -0.39 is 34.7 Å². The highest BCUT2D eigenvalue weighted by atomic mass is 32.2. The molecule has 1 aliphatic heterocycles. The van der Waals surface area contributed by atoms with Crippen molar-refractivity contribution in [3.05, 3.63) is 99.6 Å². The van der Waals surface area contributed by atoms with Gasteiger partial charge in [0.2, 0.25) is 5.91 Å². The average molecular weight is 845 g/mol. The lowest BCUT2D eigenvalue weighted by Crippen LogP contribution is -2.39. The van der Waals surface area contributed by atoms with E-state index in [2.05, 4.69) is 16.0 Å². The van der Waals surface area contributed by atoms with Gasteiger partial charge in [0.15, 0.2) is 11.5 Å². The molecule has 5 rings (SSSR count). The molecule has 2 heterocycles. The van der Waals surface area contributed by atoms with Crippen LogP contribution in [0.1, 0.15) is 71.3 Å². The number of carbonyl (C=O) groups excluding carboxylic acids is 5. The second kappa shape index (κ2) is 19.6. The fourth-order valence-electron chi connectivity index (χ4n) is 5.97. The molecule has 0 fully saturated rings. The molecule has 0 bridgehead atoms. The fraction of sp³-hybridized carbons (Fsp3) is 0.326. The third-order valence-electron chi connectivity index (χ3n) is 8.76. The first-order chi connectivity index (χ1) is 28.1. The van der Waals surface area contributed by atoms with Crippen LogP contribution in [0.25, 0.3) is 6.08 Å². The van der Waals surface area contributed by atoms with Gasteiger partial charge < -0.3 is 44.5 Å². The van der Waals surface area contributed by atoms with Crippen molar-refractivity contribution in [2.24, 2.45) is 0 Å². The lowest BCUT2D eigenvalue weighted by Gasteiger charge is -2.30. The smallest absolute Gasteiger partial charge is 0.410 e. The van der Waals surface area contributed by atoms with Crippen LogP contribution < -0.4 is 30.2 Å². The van der Waals surface area contributed by atoms with E-state index in [1.165, 1.54) is 50.5 Å². The van der Waals surface area contributed by atoms with Gasteiger partial charge in [-0.3, -0.25) is 14.4 Å². The van der Waals surface area contributed by atoms with E-state index in [1.807, 2.05) is 0 Å². The highest BCUT2D eigenvalue weighted by molar-refractivity contribution is 8.00. The summed E-state index contributed by atoms with van der Waals surface area (Å²) in [4.78, 5) is 69.9. The number of anilines is 2. The molecule has 16 heteroatoms. The Morgan fingerprint density at radius 1 is 0.898 bits per heavy atom. The molecule has 3 aromatic carbocycles. The van der Waals surface area contributed by atoms with E-state index in [0.717, 1.165) is 10.4 Å². The molecular formula is C43H48N4O10S2. The minimum Gasteiger partial charge on any atom is -0.496 e. The average Bonchev–Trinajstić information content (AvgIpc) is 3.57. The summed E-state index contributed by atoms with van der Waals surface area (Å²) in [6, 6.07) is 18.6. The summed E-state index contributed by atoms with van der Waals surface area (Å²) in [5.74, 6) is -0.877. The lowest BCUT2D eigenvalue weighted by atomic mass is 10.0. The number of esters is 1. The van der Waals surface area contributed by atoms with Crippen molar-refractivity contribution in [1.29, 1.82) is 0 Å². The number of methoxy groups -OCH3 is 3. The molecule has 1 unspecified atom stereocenters. The van der Waals surface area contributed by atoms with Crippen molar-refractivity contribution >= 4 is 69.6 Å². The molecule has 312 valence electrons. The number of fused-ring (bicyclic) bond motifs is 1. The maximum absolute atomic E-state index is 13.9. The number of hydrogen-bond donors (Lipinski definition) is 3. The molecule has 3 N–H and O–H groups in total. The Labute approximate surface area is 351 Å². The Morgan fingerprint density at radius 2 is 1.59 bits per heavy atom. The fourth-order valence-corrected chi connectivity index (χ4v) is 8.15. The van der Waals surface area contributed by atoms with Gasteiger partial charge in [-0.15, -0.1) is 23.1 Å². The van der Waals surface area contributed by atoms with Gasteiger partial charge in [-0.2, -0.15) is 0 Å². The summed E-state index contributed by atoms with van der Waals surface area (Å²) < 4.78 is 27.4. The molecular weight excluding hydrogens is 797 g/mol. The molecule has 0 radical (unpaired) electrons. The standard InChI is InChI=1S/C43H48N4O10S2/c1-9-56-41(51)36-30-18-19-47(42(52)57-43(3,4)5)24-35(30)59-40(36)46-37(48)25(2)58-29-17-13-16-28(22-29)44-39(50)31(45-38(49)26-14-11-10-12-15-26)20-27-21-33(54-7)34(55-8)23-32(27)53-6/h10-17,20-23,25H,9,18-19,24H2,1-8H3,(H,44,50)(H,45,49)(H,46,48)/b31-20+. The van der Waals surface area contributed by atoms with Crippen molar-refractivity contribution < 1.29 is 47.7 Å². The van der Waals surface area contributed by atoms with Crippen LogP contribution in [0, 0.1) is 0 Å². The van der Waals surface area contributed by atoms with Crippen molar-refractivity contribution in [2.75, 3.05) is 45.1 Å². The number of nitrogens with one attached hydrogen (secondary N) is 3. The molecule has 0 aliphatic carbocycles. The molecule has 4 amide bonds. The van der Waals surface area contributed by atoms with Gasteiger partial charge >= 0.3 is 12.1 Å². The van der Waals surface area contributed by atoms with Crippen LogP contribution in [0.3, 0.4) is 0 Å². The highest BCUT2D eigenvalue weighted by Crippen LogP contribution is 2.39. The Hall–Kier alpha value is -6.00. The first-order valence-corrected chi connectivity index (χ1v) is 20.4. The Kier molecular flexibility index (Phi) is 14.7. The molecule has 0 saturated carbocycles. The van der Waals surface area contributed by atoms with E-state index >= 15 is 0 Å². The largest absolute Gasteiger partial charge is 0.496 e. The molecule has 0 saturated heterocycles. The second-order valence-corrected chi connectivity index (χ2v) is 16.7. The normalized spacial score (nSPS) is 13.0. The van der Waals surface area contributed by atoms with Gasteiger partial charge in [0, 0.05) is 39.2 Å². The van der Waals surface area contributed by atoms with Crippen LogP contribution in [0.5, 0.6) is 17.2 Å². The van der Waals surface area contributed by atoms with Crippen LogP contribution in [0.4, 0.5) is 15.5 Å². The predicted molar refractivity (Wildman–Crippen MR) is 228 cm³/mol. The highest BCUT2D eigenvalue weighted by Gasteiger charge is 2.33. The monoisotopic (exact) mass is 844 g/mol. The number of amides is 4. The van der Waals surface area contributed by atoms with Crippen LogP contribution in [-0.4, -0.2) is 80.0 Å². The molecule has 1 aliphatic rings. The van der Waals surface area contributed by atoms with Crippen molar-refractivity contribution in [3.63, 3.8) is 0 Å². The first kappa shape index (κ1) is 44.1. The number of nitrogens with zero attached hydrogens (tertiary/aromatic N) is 1. The zero-order valence-corrected chi connectivity index (χ0v) is 35.8. The van der Waals surface area contributed by atoms with E-state index in [4.69, 9.17) is 23.7 Å². The van der Waals surface area contributed by atoms with Gasteiger partial charge in [-0.25, -0.2) is 9.59 Å². The summed E-state index contributed by atoms with van der Waals surface area (Å²) in [5, 5.41) is 8.21. The van der Waals surface area contributed by atoms with Crippen molar-refractivity contribution in [1.82, 2.24) is 10.2 Å². The molecule has 4 aromatic rings. The van der Waals surface area contributed by atoms with Gasteiger partial charge in [-0.1, -0.05) is 24.3 Å². The van der Waals surface area contributed by atoms with Crippen molar-refractivity contribution in [3.8, 4) is 17.2 Å². The maximum atomic E-state index is 13.9. The Balaban J connectivity index is 1.34. The molecule has 14 nitrogen and oxygen atoms in total. The number of benzene rings is 3. The molecule has 1 atom stereocenters. The van der Waals surface area contributed by atoms with E-state index in [0.29, 0.717) is 62.5 Å². The zero-order chi connectivity index (χ0) is 42.9. The third kappa shape index (κ3) is 11.4. The number of thiophene rings is 1. The van der Waals surface area contributed by atoms with Gasteiger partial charge in [0.1, 0.15) is 22.0 Å². The lowest BCUT2D eigenvalue weighted by molar-refractivity contribution is -0.115. The van der Waals surface area contributed by atoms with Crippen LogP contribution in [0.2, 0.25) is 0 Å². The van der Waals surface area contributed by atoms with Crippen LogP contribution >= 0.6 is 23.1 Å². The number of ether oxygens (including phenoxy) is 5. The number of hydrogen-bond acceptors (Lipinski definition) is 12. The first-order valence-electron chi connectivity index (χ1n) is 18.7. The van der Waals surface area contributed by atoms with Crippen LogP contribution in [0.15, 0.2) is 77.3 Å². The topological polar surface area (TPSA) is 171 Å². The molecule has 59 heavy (non-hydrogen) atoms. The summed E-state index contributed by atoms with van der Waals surface area (Å²) in [6.07, 6.45) is 1.42. The minimum absolute atomic E-state index is 0.0829. The van der Waals surface area contributed by atoms with E-state index in [9.17, 15) is 24.0 Å². The quantitative estimate of drug-likeness (QED) is 0.0644. The molecule has 1 aromatic heterocycles. The zero-order valence-electron chi connectivity index (χ0n) is 34.2. The van der Waals surface area contributed by atoms with Gasteiger partial charge in [0.25, 0.3) is 11.8 Å². The van der Waals surface area contributed by atoms with E-state index in [-0.39, 0.29) is 24.8 Å². The number of carbonyl (C=O) groups is 5. The SMILES string of the molecule is CCOC(=O)c1c(NC(=O)C(C)Sc2cccc(NC(=O)/C(=C\c3cc(OC)c(OC)cc3OC)NC(=O)c3ccccc3)c2)sc2c1CCN(C(=O)OC(C)(C)C)C2. The summed E-state index contributed by atoms with van der Waals surface area (Å²) in [6.45, 7) is 9.56. The van der Waals surface area contributed by atoms with E-state index in [1.54, 1.807) is 106 Å².